The molecular weight excluding hydrogens is 244 g/mol. The van der Waals surface area contributed by atoms with Crippen molar-refractivity contribution in [2.24, 2.45) is 0 Å². The van der Waals surface area contributed by atoms with Crippen molar-refractivity contribution in [1.29, 1.82) is 0 Å². The number of rotatable bonds is 2. The lowest BCUT2D eigenvalue weighted by Gasteiger charge is -2.20. The van der Waals surface area contributed by atoms with E-state index >= 15 is 0 Å². The lowest BCUT2D eigenvalue weighted by atomic mass is 10.2. The predicted octanol–water partition coefficient (Wildman–Crippen LogP) is 1.56. The highest BCUT2D eigenvalue weighted by molar-refractivity contribution is 8.06. The topological polar surface area (TPSA) is 66.0 Å². The number of hydrogen-bond acceptors (Lipinski definition) is 5. The average molecular weight is 258 g/mol. The highest BCUT2D eigenvalue weighted by atomic mass is 32.2. The molecule has 1 atom stereocenters. The van der Waals surface area contributed by atoms with E-state index in [0.717, 1.165) is 17.3 Å². The fourth-order valence-electron chi connectivity index (χ4n) is 1.62. The Bertz CT molecular complexity index is 427. The Morgan fingerprint density at radius 2 is 2.38 bits per heavy atom. The van der Waals surface area contributed by atoms with Crippen LogP contribution in [0.25, 0.3) is 0 Å². The molecule has 1 unspecified atom stereocenters. The molecule has 0 bridgehead atoms. The summed E-state index contributed by atoms with van der Waals surface area (Å²) in [5.74, 6) is 3.65. The van der Waals surface area contributed by atoms with Crippen LogP contribution in [0.1, 0.15) is 23.6 Å². The SMILES string of the molecule is CCc1c(O)nc(C2CSCCS2)[nH]c1=O. The molecule has 0 aliphatic carbocycles. The summed E-state index contributed by atoms with van der Waals surface area (Å²) in [4.78, 5) is 18.5. The normalized spacial score (nSPS) is 20.9. The number of aromatic amines is 1. The van der Waals surface area contributed by atoms with E-state index in [1.807, 2.05) is 18.7 Å². The van der Waals surface area contributed by atoms with Gasteiger partial charge in [-0.05, 0) is 6.42 Å². The van der Waals surface area contributed by atoms with Crippen LogP contribution in [-0.4, -0.2) is 32.3 Å². The van der Waals surface area contributed by atoms with Crippen LogP contribution >= 0.6 is 23.5 Å². The van der Waals surface area contributed by atoms with E-state index in [9.17, 15) is 9.90 Å². The smallest absolute Gasteiger partial charge is 0.257 e. The second-order valence-electron chi connectivity index (χ2n) is 3.54. The number of hydrogen-bond donors (Lipinski definition) is 2. The Morgan fingerprint density at radius 1 is 1.56 bits per heavy atom. The highest BCUT2D eigenvalue weighted by Crippen LogP contribution is 2.35. The molecule has 2 heterocycles. The molecule has 6 heteroatoms. The quantitative estimate of drug-likeness (QED) is 0.842. The first-order valence-corrected chi connectivity index (χ1v) is 7.44. The van der Waals surface area contributed by atoms with Gasteiger partial charge in [0.05, 0.1) is 10.8 Å². The van der Waals surface area contributed by atoms with Crippen molar-refractivity contribution < 1.29 is 5.11 Å². The fraction of sp³-hybridized carbons (Fsp3) is 0.600. The molecule has 0 radical (unpaired) electrons. The van der Waals surface area contributed by atoms with Gasteiger partial charge in [-0.15, -0.1) is 11.8 Å². The van der Waals surface area contributed by atoms with E-state index in [2.05, 4.69) is 9.97 Å². The summed E-state index contributed by atoms with van der Waals surface area (Å²) in [5.41, 5.74) is 0.165. The summed E-state index contributed by atoms with van der Waals surface area (Å²) in [6.07, 6.45) is 0.501. The second-order valence-corrected chi connectivity index (χ2v) is 6.00. The Balaban J connectivity index is 2.31. The molecule has 4 nitrogen and oxygen atoms in total. The van der Waals surface area contributed by atoms with Crippen molar-refractivity contribution in [3.63, 3.8) is 0 Å². The number of aromatic nitrogens is 2. The monoisotopic (exact) mass is 258 g/mol. The molecule has 2 rings (SSSR count). The fourth-order valence-corrected chi connectivity index (χ4v) is 4.24. The molecule has 1 aliphatic heterocycles. The number of nitrogens with one attached hydrogen (secondary N) is 1. The summed E-state index contributed by atoms with van der Waals surface area (Å²) >= 11 is 3.64. The van der Waals surface area contributed by atoms with Crippen LogP contribution < -0.4 is 5.56 Å². The van der Waals surface area contributed by atoms with Gasteiger partial charge in [0.15, 0.2) is 0 Å². The van der Waals surface area contributed by atoms with Crippen molar-refractivity contribution in [3.8, 4) is 5.88 Å². The molecule has 1 aromatic heterocycles. The third kappa shape index (κ3) is 2.38. The molecule has 0 spiro atoms. The van der Waals surface area contributed by atoms with E-state index in [-0.39, 0.29) is 16.7 Å². The first-order valence-electron chi connectivity index (χ1n) is 5.23. The molecule has 1 saturated heterocycles. The minimum absolute atomic E-state index is 0.113. The van der Waals surface area contributed by atoms with Gasteiger partial charge in [0.2, 0.25) is 5.88 Å². The number of thioether (sulfide) groups is 2. The lowest BCUT2D eigenvalue weighted by Crippen LogP contribution is -2.19. The maximum absolute atomic E-state index is 11.7. The van der Waals surface area contributed by atoms with E-state index in [0.29, 0.717) is 17.8 Å². The maximum Gasteiger partial charge on any atom is 0.257 e. The molecule has 0 amide bonds. The van der Waals surface area contributed by atoms with Gasteiger partial charge in [-0.25, -0.2) is 0 Å². The second kappa shape index (κ2) is 5.14. The number of aromatic hydroxyl groups is 1. The van der Waals surface area contributed by atoms with E-state index in [1.54, 1.807) is 11.8 Å². The van der Waals surface area contributed by atoms with Crippen molar-refractivity contribution in [2.75, 3.05) is 17.3 Å². The molecule has 88 valence electrons. The minimum atomic E-state index is -0.207. The first-order chi connectivity index (χ1) is 7.72. The Morgan fingerprint density at radius 3 is 2.94 bits per heavy atom. The zero-order valence-electron chi connectivity index (χ0n) is 9.02. The Kier molecular flexibility index (Phi) is 3.81. The van der Waals surface area contributed by atoms with Crippen molar-refractivity contribution in [3.05, 3.63) is 21.7 Å². The minimum Gasteiger partial charge on any atom is -0.493 e. The van der Waals surface area contributed by atoms with Gasteiger partial charge in [-0.2, -0.15) is 16.7 Å². The van der Waals surface area contributed by atoms with Gasteiger partial charge >= 0.3 is 0 Å². The van der Waals surface area contributed by atoms with Gasteiger partial charge < -0.3 is 10.1 Å². The van der Waals surface area contributed by atoms with Crippen LogP contribution in [0.3, 0.4) is 0 Å². The van der Waals surface area contributed by atoms with Gasteiger partial charge in [0, 0.05) is 17.3 Å². The van der Waals surface area contributed by atoms with Crippen LogP contribution in [0.5, 0.6) is 5.88 Å². The summed E-state index contributed by atoms with van der Waals surface area (Å²) in [5, 5.41) is 9.85. The van der Waals surface area contributed by atoms with Crippen LogP contribution in [-0.2, 0) is 6.42 Å². The number of H-pyrrole nitrogens is 1. The predicted molar refractivity (Wildman–Crippen MR) is 68.4 cm³/mol. The summed E-state index contributed by atoms with van der Waals surface area (Å²) in [6.45, 7) is 1.83. The van der Waals surface area contributed by atoms with E-state index < -0.39 is 0 Å². The zero-order chi connectivity index (χ0) is 11.5. The van der Waals surface area contributed by atoms with Gasteiger partial charge in [0.1, 0.15) is 5.82 Å². The lowest BCUT2D eigenvalue weighted by molar-refractivity contribution is 0.440. The van der Waals surface area contributed by atoms with Crippen molar-refractivity contribution >= 4 is 23.5 Å². The largest absolute Gasteiger partial charge is 0.493 e. The molecule has 0 aromatic carbocycles. The molecule has 1 fully saturated rings. The van der Waals surface area contributed by atoms with E-state index in [1.165, 1.54) is 0 Å². The zero-order valence-corrected chi connectivity index (χ0v) is 10.7. The summed E-state index contributed by atoms with van der Waals surface area (Å²) < 4.78 is 0. The summed E-state index contributed by atoms with van der Waals surface area (Å²) in [6, 6.07) is 0. The van der Waals surface area contributed by atoms with Crippen molar-refractivity contribution in [1.82, 2.24) is 9.97 Å². The molecule has 0 saturated carbocycles. The standard InChI is InChI=1S/C10H14N2O2S2/c1-2-6-9(13)11-8(12-10(6)14)7-5-15-3-4-16-7/h7H,2-5H2,1H3,(H2,11,12,13,14). The van der Waals surface area contributed by atoms with Gasteiger partial charge in [-0.1, -0.05) is 6.92 Å². The van der Waals surface area contributed by atoms with Crippen molar-refractivity contribution in [2.45, 2.75) is 18.6 Å². The maximum atomic E-state index is 11.7. The third-order valence-electron chi connectivity index (χ3n) is 2.49. The Labute approximate surface area is 102 Å². The highest BCUT2D eigenvalue weighted by Gasteiger charge is 2.20. The van der Waals surface area contributed by atoms with Gasteiger partial charge in [-0.3, -0.25) is 4.79 Å². The van der Waals surface area contributed by atoms with Crippen LogP contribution in [0.4, 0.5) is 0 Å². The molecule has 16 heavy (non-hydrogen) atoms. The third-order valence-corrected chi connectivity index (χ3v) is 5.25. The molecule has 1 aliphatic rings. The molecule has 1 aromatic rings. The number of nitrogens with zero attached hydrogens (tertiary/aromatic N) is 1. The average Bonchev–Trinajstić information content (AvgIpc) is 2.30. The van der Waals surface area contributed by atoms with Crippen LogP contribution in [0.2, 0.25) is 0 Å². The Hall–Kier alpha value is -0.620. The summed E-state index contributed by atoms with van der Waals surface area (Å²) in [7, 11) is 0. The van der Waals surface area contributed by atoms with Gasteiger partial charge in [0.25, 0.3) is 5.56 Å². The van der Waals surface area contributed by atoms with Crippen LogP contribution in [0, 0.1) is 0 Å². The molecule has 2 N–H and O–H groups in total. The van der Waals surface area contributed by atoms with E-state index in [4.69, 9.17) is 0 Å². The van der Waals surface area contributed by atoms with Crippen LogP contribution in [0.15, 0.2) is 4.79 Å². The molecular formula is C10H14N2O2S2. The first kappa shape index (κ1) is 11.9.